The predicted molar refractivity (Wildman–Crippen MR) is 146 cm³/mol. The Bertz CT molecular complexity index is 1340. The average Bonchev–Trinajstić information content (AvgIpc) is 2.90. The minimum absolute atomic E-state index is 0.159. The van der Waals surface area contributed by atoms with Crippen LogP contribution in [0, 0.1) is 5.82 Å². The fourth-order valence-corrected chi connectivity index (χ4v) is 6.30. The van der Waals surface area contributed by atoms with Crippen molar-refractivity contribution in [3.05, 3.63) is 105 Å². The molecule has 8 heteroatoms. The summed E-state index contributed by atoms with van der Waals surface area (Å²) in [6, 6.07) is 18.0. The lowest BCUT2D eigenvalue weighted by molar-refractivity contribution is -0.124. The summed E-state index contributed by atoms with van der Waals surface area (Å²) in [5.41, 5.74) is 2.27. The quantitative estimate of drug-likeness (QED) is 0.388. The summed E-state index contributed by atoms with van der Waals surface area (Å²) in [7, 11) is 0. The van der Waals surface area contributed by atoms with E-state index in [1.54, 1.807) is 53.4 Å². The molecule has 1 saturated carbocycles. The first-order valence-corrected chi connectivity index (χ1v) is 13.7. The topological polar surface area (TPSA) is 69.6 Å². The van der Waals surface area contributed by atoms with Crippen LogP contribution in [-0.2, 0) is 11.2 Å². The van der Waals surface area contributed by atoms with Crippen LogP contribution in [0.25, 0.3) is 0 Å². The molecule has 38 heavy (non-hydrogen) atoms. The van der Waals surface area contributed by atoms with Crippen molar-refractivity contribution >= 4 is 35.0 Å². The number of hydrogen-bond donors (Lipinski definition) is 2. The summed E-state index contributed by atoms with van der Waals surface area (Å²) in [5, 5.41) is 14.0. The number of carbonyl (C=O) groups excluding carboxylic acids is 2. The number of rotatable bonds is 6. The highest BCUT2D eigenvalue weighted by atomic mass is 35.5. The third-order valence-electron chi connectivity index (χ3n) is 7.65. The first-order valence-electron chi connectivity index (χ1n) is 12.9. The molecule has 2 atom stereocenters. The summed E-state index contributed by atoms with van der Waals surface area (Å²) in [4.78, 5) is 29.7. The molecule has 2 N–H and O–H groups in total. The monoisotopic (exact) mass is 554 g/mol. The van der Waals surface area contributed by atoms with Crippen LogP contribution in [0.5, 0.6) is 0 Å². The van der Waals surface area contributed by atoms with Crippen molar-refractivity contribution in [3.8, 4) is 0 Å². The van der Waals surface area contributed by atoms with Gasteiger partial charge >= 0.3 is 0 Å². The number of aliphatic hydroxyl groups is 1. The molecule has 1 aliphatic heterocycles. The summed E-state index contributed by atoms with van der Waals surface area (Å²) < 4.78 is 14.2. The van der Waals surface area contributed by atoms with E-state index in [1.807, 2.05) is 12.1 Å². The van der Waals surface area contributed by atoms with Gasteiger partial charge in [-0.1, -0.05) is 65.7 Å². The molecule has 0 saturated heterocycles. The number of hydrogen-bond acceptors (Lipinski definition) is 3. The predicted octanol–water partition coefficient (Wildman–Crippen LogP) is 6.08. The number of fused-ring (bicyclic) bond motifs is 1. The molecule has 5 rings (SSSR count). The molecule has 2 amide bonds. The van der Waals surface area contributed by atoms with E-state index in [4.69, 9.17) is 23.2 Å². The van der Waals surface area contributed by atoms with Gasteiger partial charge in [0.05, 0.1) is 18.1 Å². The zero-order valence-electron chi connectivity index (χ0n) is 20.7. The van der Waals surface area contributed by atoms with Gasteiger partial charge in [-0.05, 0) is 73.1 Å². The number of amides is 2. The fourth-order valence-electron chi connectivity index (χ4n) is 5.78. The minimum Gasteiger partial charge on any atom is -0.393 e. The van der Waals surface area contributed by atoms with Crippen LogP contribution >= 0.6 is 23.2 Å². The summed E-state index contributed by atoms with van der Waals surface area (Å²) in [6.45, 7) is 0.239. The number of halogens is 3. The molecule has 1 fully saturated rings. The maximum Gasteiger partial charge on any atom is 0.254 e. The lowest BCUT2D eigenvalue weighted by atomic mass is 9.77. The average molecular weight is 555 g/mol. The third-order valence-corrected chi connectivity index (χ3v) is 8.21. The first kappa shape index (κ1) is 26.7. The lowest BCUT2D eigenvalue weighted by Crippen LogP contribution is -2.52. The van der Waals surface area contributed by atoms with Crippen molar-refractivity contribution < 1.29 is 19.1 Å². The van der Waals surface area contributed by atoms with Crippen molar-refractivity contribution in [3.63, 3.8) is 0 Å². The molecule has 3 aromatic carbocycles. The van der Waals surface area contributed by atoms with Crippen molar-refractivity contribution in [2.24, 2.45) is 0 Å². The first-order chi connectivity index (χ1) is 18.3. The normalized spacial score (nSPS) is 23.2. The standard InChI is InChI=1S/C30H29Cl2FN2O3/c31-19-9-14-24(25(32)17-19)28-27(29(37)34-16-15-18-5-1-4-8-26(18)33)22-6-2-3-7-23(22)30(38)35(28)20-10-12-21(36)13-11-20/h1-9,14,17,20-21,27-28,36H,10-13,15-16H2,(H,34,37)/t20-,21-,27-,28+/m1/s1. The molecule has 0 radical (unpaired) electrons. The highest BCUT2D eigenvalue weighted by Crippen LogP contribution is 2.47. The Morgan fingerprint density at radius 1 is 0.974 bits per heavy atom. The molecular weight excluding hydrogens is 526 g/mol. The SMILES string of the molecule is O=C(NCCc1ccccc1F)[C@@H]1c2ccccc2C(=O)N([C@H]2CC[C@H](O)CC2)[C@H]1c1ccc(Cl)cc1Cl. The van der Waals surface area contributed by atoms with E-state index in [9.17, 15) is 19.1 Å². The molecule has 198 valence electrons. The van der Waals surface area contributed by atoms with Crippen molar-refractivity contribution in [1.82, 2.24) is 10.2 Å². The second-order valence-electron chi connectivity index (χ2n) is 9.98. The van der Waals surface area contributed by atoms with Crippen LogP contribution in [0.15, 0.2) is 66.7 Å². The van der Waals surface area contributed by atoms with Crippen molar-refractivity contribution in [2.75, 3.05) is 6.54 Å². The number of nitrogens with zero attached hydrogens (tertiary/aromatic N) is 1. The maximum atomic E-state index is 14.2. The lowest BCUT2D eigenvalue weighted by Gasteiger charge is -2.47. The Morgan fingerprint density at radius 3 is 2.42 bits per heavy atom. The van der Waals surface area contributed by atoms with Gasteiger partial charge in [0.15, 0.2) is 0 Å². The van der Waals surface area contributed by atoms with Gasteiger partial charge in [0.2, 0.25) is 5.91 Å². The molecule has 2 aliphatic rings. The van der Waals surface area contributed by atoms with Gasteiger partial charge < -0.3 is 15.3 Å². The Balaban J connectivity index is 1.54. The van der Waals surface area contributed by atoms with Crippen LogP contribution in [0.2, 0.25) is 10.0 Å². The van der Waals surface area contributed by atoms with E-state index in [0.717, 1.165) is 0 Å². The highest BCUT2D eigenvalue weighted by Gasteiger charge is 2.47. The van der Waals surface area contributed by atoms with Gasteiger partial charge in [-0.25, -0.2) is 4.39 Å². The highest BCUT2D eigenvalue weighted by molar-refractivity contribution is 6.35. The Kier molecular flexibility index (Phi) is 8.03. The molecule has 3 aromatic rings. The van der Waals surface area contributed by atoms with E-state index in [0.29, 0.717) is 64.4 Å². The molecule has 5 nitrogen and oxygen atoms in total. The van der Waals surface area contributed by atoms with Gasteiger partial charge in [-0.15, -0.1) is 0 Å². The van der Waals surface area contributed by atoms with E-state index < -0.39 is 18.1 Å². The summed E-state index contributed by atoms with van der Waals surface area (Å²) in [6.07, 6.45) is 2.35. The zero-order valence-corrected chi connectivity index (χ0v) is 22.3. The Morgan fingerprint density at radius 2 is 1.68 bits per heavy atom. The van der Waals surface area contributed by atoms with Gasteiger partial charge in [-0.2, -0.15) is 0 Å². The Hall–Kier alpha value is -2.93. The number of benzene rings is 3. The zero-order chi connectivity index (χ0) is 26.8. The van der Waals surface area contributed by atoms with Crippen LogP contribution in [-0.4, -0.2) is 40.5 Å². The second kappa shape index (κ2) is 11.4. The molecule has 0 spiro atoms. The van der Waals surface area contributed by atoms with Crippen molar-refractivity contribution in [2.45, 2.75) is 56.2 Å². The molecule has 0 unspecified atom stereocenters. The van der Waals surface area contributed by atoms with Crippen LogP contribution in [0.1, 0.15) is 64.7 Å². The largest absolute Gasteiger partial charge is 0.393 e. The fraction of sp³-hybridized carbons (Fsp3) is 0.333. The minimum atomic E-state index is -0.741. The van der Waals surface area contributed by atoms with E-state index in [1.165, 1.54) is 6.07 Å². The van der Waals surface area contributed by atoms with Gasteiger partial charge in [0.25, 0.3) is 5.91 Å². The summed E-state index contributed by atoms with van der Waals surface area (Å²) >= 11 is 12.9. The van der Waals surface area contributed by atoms with Gasteiger partial charge in [-0.3, -0.25) is 9.59 Å². The maximum absolute atomic E-state index is 14.2. The second-order valence-corrected chi connectivity index (χ2v) is 10.8. The number of aliphatic hydroxyl groups excluding tert-OH is 1. The van der Waals surface area contributed by atoms with Crippen LogP contribution < -0.4 is 5.32 Å². The molecule has 0 aromatic heterocycles. The molecular formula is C30H29Cl2FN2O3. The summed E-state index contributed by atoms with van der Waals surface area (Å²) in [5.74, 6) is -1.48. The van der Waals surface area contributed by atoms with E-state index >= 15 is 0 Å². The van der Waals surface area contributed by atoms with Crippen molar-refractivity contribution in [1.29, 1.82) is 0 Å². The number of nitrogens with one attached hydrogen (secondary N) is 1. The smallest absolute Gasteiger partial charge is 0.254 e. The van der Waals surface area contributed by atoms with Gasteiger partial charge in [0.1, 0.15) is 5.82 Å². The van der Waals surface area contributed by atoms with Gasteiger partial charge in [0, 0.05) is 28.2 Å². The molecule has 1 heterocycles. The van der Waals surface area contributed by atoms with E-state index in [2.05, 4.69) is 5.32 Å². The Labute approximate surface area is 231 Å². The van der Waals surface area contributed by atoms with Crippen LogP contribution in [0.4, 0.5) is 4.39 Å². The molecule has 1 aliphatic carbocycles. The molecule has 0 bridgehead atoms. The number of carbonyl (C=O) groups is 2. The van der Waals surface area contributed by atoms with Crippen LogP contribution in [0.3, 0.4) is 0 Å². The van der Waals surface area contributed by atoms with E-state index in [-0.39, 0.29) is 30.2 Å². The third kappa shape index (κ3) is 5.31.